The summed E-state index contributed by atoms with van der Waals surface area (Å²) in [7, 11) is 0. The highest BCUT2D eigenvalue weighted by atomic mass is 32.1. The Morgan fingerprint density at radius 1 is 1.13 bits per heavy atom. The molecule has 0 aliphatic carbocycles. The van der Waals surface area contributed by atoms with Gasteiger partial charge < -0.3 is 0 Å². The fraction of sp³-hybridized carbons (Fsp3) is 0.0769. The molecule has 10 heteroatoms. The van der Waals surface area contributed by atoms with Gasteiger partial charge in [0.1, 0.15) is 10.7 Å². The first-order chi connectivity index (χ1) is 10.9. The van der Waals surface area contributed by atoms with Crippen LogP contribution in [0.1, 0.15) is 15.5 Å². The van der Waals surface area contributed by atoms with E-state index >= 15 is 0 Å². The largest absolute Gasteiger partial charge is 0.445 e. The van der Waals surface area contributed by atoms with Crippen molar-refractivity contribution in [3.05, 3.63) is 46.4 Å². The summed E-state index contributed by atoms with van der Waals surface area (Å²) in [5, 5.41) is 9.40. The Morgan fingerprint density at radius 3 is 2.52 bits per heavy atom. The standard InChI is InChI=1S/C13H7F3N4OS2/c14-13(15,16)11-19-20-12(23-11)18-9(21)8-6-22-10(17-8)7-4-2-1-3-5-7/h1-6H,(H,18,20,21). The smallest absolute Gasteiger partial charge is 0.295 e. The van der Waals surface area contributed by atoms with Crippen molar-refractivity contribution in [2.24, 2.45) is 0 Å². The topological polar surface area (TPSA) is 67.8 Å². The van der Waals surface area contributed by atoms with Crippen LogP contribution in [0.25, 0.3) is 10.6 Å². The van der Waals surface area contributed by atoms with E-state index in [4.69, 9.17) is 0 Å². The molecule has 0 radical (unpaired) electrons. The van der Waals surface area contributed by atoms with Gasteiger partial charge in [-0.25, -0.2) is 4.98 Å². The zero-order valence-corrected chi connectivity index (χ0v) is 12.8. The summed E-state index contributed by atoms with van der Waals surface area (Å²) in [5.74, 6) is -0.631. The lowest BCUT2D eigenvalue weighted by molar-refractivity contribution is -0.138. The second-order valence-corrected chi connectivity index (χ2v) is 6.10. The van der Waals surface area contributed by atoms with E-state index in [9.17, 15) is 18.0 Å². The summed E-state index contributed by atoms with van der Waals surface area (Å²) < 4.78 is 37.3. The molecular formula is C13H7F3N4OS2. The lowest BCUT2D eigenvalue weighted by atomic mass is 10.2. The molecule has 0 saturated heterocycles. The Balaban J connectivity index is 1.74. The molecule has 3 aromatic rings. The Hall–Kier alpha value is -2.33. The molecule has 1 N–H and O–H groups in total. The molecule has 1 amide bonds. The van der Waals surface area contributed by atoms with E-state index in [1.165, 1.54) is 16.7 Å². The normalized spacial score (nSPS) is 11.4. The summed E-state index contributed by atoms with van der Waals surface area (Å²) in [6.07, 6.45) is -4.58. The van der Waals surface area contributed by atoms with Gasteiger partial charge in [0.05, 0.1) is 0 Å². The predicted molar refractivity (Wildman–Crippen MR) is 80.4 cm³/mol. The van der Waals surface area contributed by atoms with Gasteiger partial charge in [0.2, 0.25) is 10.1 Å². The summed E-state index contributed by atoms with van der Waals surface area (Å²) in [6, 6.07) is 9.24. The summed E-state index contributed by atoms with van der Waals surface area (Å²) in [5.41, 5.74) is 0.962. The van der Waals surface area contributed by atoms with Crippen LogP contribution in [0.15, 0.2) is 35.7 Å². The fourth-order valence-corrected chi connectivity index (χ4v) is 3.05. The van der Waals surface area contributed by atoms with Crippen LogP contribution in [0.3, 0.4) is 0 Å². The molecule has 0 fully saturated rings. The van der Waals surface area contributed by atoms with E-state index in [-0.39, 0.29) is 22.2 Å². The Labute approximate surface area is 135 Å². The quantitative estimate of drug-likeness (QED) is 0.772. The number of nitrogens with zero attached hydrogens (tertiary/aromatic N) is 3. The lowest BCUT2D eigenvalue weighted by Crippen LogP contribution is -2.12. The van der Waals surface area contributed by atoms with Crippen molar-refractivity contribution >= 4 is 33.7 Å². The van der Waals surface area contributed by atoms with Crippen LogP contribution in [0.2, 0.25) is 0 Å². The molecule has 0 bridgehead atoms. The number of halogens is 3. The highest BCUT2D eigenvalue weighted by Crippen LogP contribution is 2.33. The molecule has 0 aliphatic heterocycles. The van der Waals surface area contributed by atoms with Gasteiger partial charge >= 0.3 is 6.18 Å². The molecule has 1 aromatic carbocycles. The summed E-state index contributed by atoms with van der Waals surface area (Å²) in [4.78, 5) is 16.2. The van der Waals surface area contributed by atoms with Crippen molar-refractivity contribution in [1.29, 1.82) is 0 Å². The molecule has 0 aliphatic rings. The highest BCUT2D eigenvalue weighted by molar-refractivity contribution is 7.15. The number of hydrogen-bond donors (Lipinski definition) is 1. The third-order valence-corrected chi connectivity index (χ3v) is 4.42. The molecule has 2 aromatic heterocycles. The van der Waals surface area contributed by atoms with Crippen molar-refractivity contribution in [2.45, 2.75) is 6.18 Å². The number of amides is 1. The number of anilines is 1. The fourth-order valence-electron chi connectivity index (χ4n) is 1.64. The maximum Gasteiger partial charge on any atom is 0.445 e. The van der Waals surface area contributed by atoms with Crippen LogP contribution in [0, 0.1) is 0 Å². The second kappa shape index (κ2) is 6.05. The van der Waals surface area contributed by atoms with E-state index in [1.54, 1.807) is 0 Å². The Bertz CT molecular complexity index is 829. The number of hydrogen-bond acceptors (Lipinski definition) is 6. The van der Waals surface area contributed by atoms with Crippen LogP contribution in [-0.4, -0.2) is 21.1 Å². The molecule has 0 spiro atoms. The minimum Gasteiger partial charge on any atom is -0.295 e. The van der Waals surface area contributed by atoms with Crippen LogP contribution in [-0.2, 0) is 6.18 Å². The SMILES string of the molecule is O=C(Nc1nnc(C(F)(F)F)s1)c1csc(-c2ccccc2)n1. The Morgan fingerprint density at radius 2 is 1.87 bits per heavy atom. The molecule has 23 heavy (non-hydrogen) atoms. The zero-order chi connectivity index (χ0) is 16.4. The average Bonchev–Trinajstić information content (AvgIpc) is 3.16. The lowest BCUT2D eigenvalue weighted by Gasteiger charge is -1.98. The number of alkyl halides is 3. The van der Waals surface area contributed by atoms with Gasteiger partial charge in [0.15, 0.2) is 0 Å². The van der Waals surface area contributed by atoms with Crippen molar-refractivity contribution in [1.82, 2.24) is 15.2 Å². The minimum absolute atomic E-state index is 0.109. The van der Waals surface area contributed by atoms with Crippen LogP contribution in [0.4, 0.5) is 18.3 Å². The second-order valence-electron chi connectivity index (χ2n) is 4.27. The van der Waals surface area contributed by atoms with E-state index in [0.29, 0.717) is 5.01 Å². The minimum atomic E-state index is -4.58. The third kappa shape index (κ3) is 3.54. The van der Waals surface area contributed by atoms with Gasteiger partial charge in [-0.1, -0.05) is 41.7 Å². The molecule has 118 valence electrons. The van der Waals surface area contributed by atoms with Gasteiger partial charge in [-0.05, 0) is 0 Å². The number of carbonyl (C=O) groups is 1. The molecule has 0 unspecified atom stereocenters. The van der Waals surface area contributed by atoms with Crippen LogP contribution >= 0.6 is 22.7 Å². The highest BCUT2D eigenvalue weighted by Gasteiger charge is 2.35. The van der Waals surface area contributed by atoms with E-state index in [2.05, 4.69) is 20.5 Å². The molecule has 5 nitrogen and oxygen atoms in total. The molecular weight excluding hydrogens is 349 g/mol. The first-order valence-electron chi connectivity index (χ1n) is 6.16. The van der Waals surface area contributed by atoms with Crippen molar-refractivity contribution in [2.75, 3.05) is 5.32 Å². The number of aromatic nitrogens is 3. The van der Waals surface area contributed by atoms with Crippen molar-refractivity contribution in [3.8, 4) is 10.6 Å². The first kappa shape index (κ1) is 15.6. The van der Waals surface area contributed by atoms with E-state index < -0.39 is 17.1 Å². The number of rotatable bonds is 3. The maximum atomic E-state index is 12.4. The first-order valence-corrected chi connectivity index (χ1v) is 7.86. The van der Waals surface area contributed by atoms with Crippen molar-refractivity contribution < 1.29 is 18.0 Å². The summed E-state index contributed by atoms with van der Waals surface area (Å²) >= 11 is 1.53. The Kier molecular flexibility index (Phi) is 4.09. The van der Waals surface area contributed by atoms with Gasteiger partial charge in [-0.2, -0.15) is 13.2 Å². The molecule has 2 heterocycles. The monoisotopic (exact) mass is 356 g/mol. The molecule has 3 rings (SSSR count). The molecule has 0 saturated carbocycles. The predicted octanol–water partition coefficient (Wildman–Crippen LogP) is 3.93. The van der Waals surface area contributed by atoms with Gasteiger partial charge in [0.25, 0.3) is 5.91 Å². The number of thiazole rings is 1. The number of carbonyl (C=O) groups excluding carboxylic acids is 1. The zero-order valence-electron chi connectivity index (χ0n) is 11.2. The average molecular weight is 356 g/mol. The number of benzene rings is 1. The van der Waals surface area contributed by atoms with E-state index in [1.807, 2.05) is 30.3 Å². The van der Waals surface area contributed by atoms with Crippen LogP contribution < -0.4 is 5.32 Å². The van der Waals surface area contributed by atoms with Crippen LogP contribution in [0.5, 0.6) is 0 Å². The maximum absolute atomic E-state index is 12.4. The van der Waals surface area contributed by atoms with Gasteiger partial charge in [0, 0.05) is 10.9 Å². The van der Waals surface area contributed by atoms with E-state index in [0.717, 1.165) is 5.56 Å². The van der Waals surface area contributed by atoms with Crippen molar-refractivity contribution in [3.63, 3.8) is 0 Å². The number of nitrogens with one attached hydrogen (secondary N) is 1. The third-order valence-electron chi connectivity index (χ3n) is 2.65. The summed E-state index contributed by atoms with van der Waals surface area (Å²) in [6.45, 7) is 0. The van der Waals surface area contributed by atoms with Gasteiger partial charge in [-0.3, -0.25) is 10.1 Å². The van der Waals surface area contributed by atoms with Gasteiger partial charge in [-0.15, -0.1) is 21.5 Å². The molecule has 0 atom stereocenters.